The Hall–Kier alpha value is -0.0600. The summed E-state index contributed by atoms with van der Waals surface area (Å²) in [5, 5.41) is 4.02. The van der Waals surface area contributed by atoms with E-state index in [9.17, 15) is 4.39 Å². The fraction of sp³-hybridized carbons (Fsp3) is 0.538. The lowest BCUT2D eigenvalue weighted by atomic mass is 9.96. The van der Waals surface area contributed by atoms with Crippen LogP contribution < -0.4 is 5.32 Å². The second-order valence-electron chi connectivity index (χ2n) is 4.21. The number of hydrogen-bond acceptors (Lipinski definition) is 2. The van der Waals surface area contributed by atoms with E-state index < -0.39 is 0 Å². The summed E-state index contributed by atoms with van der Waals surface area (Å²) in [5.74, 6) is 0.703. The van der Waals surface area contributed by atoms with Gasteiger partial charge in [-0.25, -0.2) is 4.39 Å². The van der Waals surface area contributed by atoms with Crippen LogP contribution in [0.5, 0.6) is 0 Å². The molecule has 1 aliphatic heterocycles. The Kier molecular flexibility index (Phi) is 4.50. The normalized spacial score (nSPS) is 23.5. The predicted octanol–water partition coefficient (Wildman–Crippen LogP) is 4.26. The van der Waals surface area contributed by atoms with Gasteiger partial charge in [0.15, 0.2) is 0 Å². The number of thioether (sulfide) groups is 1. The van der Waals surface area contributed by atoms with E-state index in [1.54, 1.807) is 6.07 Å². The summed E-state index contributed by atoms with van der Waals surface area (Å²) in [4.78, 5) is 0. The van der Waals surface area contributed by atoms with Gasteiger partial charge in [-0.05, 0) is 30.7 Å². The molecule has 1 N–H and O–H groups in total. The molecule has 1 nitrogen and oxygen atoms in total. The van der Waals surface area contributed by atoms with Gasteiger partial charge >= 0.3 is 0 Å². The molecule has 0 saturated heterocycles. The van der Waals surface area contributed by atoms with Crippen molar-refractivity contribution in [1.29, 1.82) is 0 Å². The number of nitrogens with one attached hydrogen (secondary N) is 1. The Labute approximate surface area is 115 Å². The van der Waals surface area contributed by atoms with E-state index in [0.717, 1.165) is 34.3 Å². The molecule has 1 aromatic carbocycles. The molecule has 1 aliphatic rings. The second-order valence-corrected chi connectivity index (χ2v) is 6.30. The predicted molar refractivity (Wildman–Crippen MR) is 75.9 cm³/mol. The smallest absolute Gasteiger partial charge is 0.127 e. The maximum atomic E-state index is 13.8. The molecule has 2 atom stereocenters. The topological polar surface area (TPSA) is 12.0 Å². The Morgan fingerprint density at radius 1 is 1.47 bits per heavy atom. The largest absolute Gasteiger partial charge is 0.309 e. The summed E-state index contributed by atoms with van der Waals surface area (Å²) in [6.45, 7) is 5.20. The zero-order chi connectivity index (χ0) is 12.4. The molecule has 0 aromatic heterocycles. The summed E-state index contributed by atoms with van der Waals surface area (Å²) < 4.78 is 14.9. The Bertz CT molecular complexity index is 411. The van der Waals surface area contributed by atoms with Crippen molar-refractivity contribution in [2.45, 2.75) is 37.3 Å². The molecular formula is C13H17BrFNS. The molecular weight excluding hydrogens is 301 g/mol. The number of hydrogen-bond donors (Lipinski definition) is 1. The van der Waals surface area contributed by atoms with Crippen LogP contribution >= 0.6 is 27.7 Å². The van der Waals surface area contributed by atoms with Crippen molar-refractivity contribution in [1.82, 2.24) is 5.32 Å². The van der Waals surface area contributed by atoms with E-state index >= 15 is 0 Å². The Morgan fingerprint density at radius 3 is 2.88 bits per heavy atom. The minimum absolute atomic E-state index is 0.0758. The molecule has 4 heteroatoms. The fourth-order valence-electron chi connectivity index (χ4n) is 2.37. The van der Waals surface area contributed by atoms with Crippen molar-refractivity contribution in [3.8, 4) is 0 Å². The number of rotatable bonds is 3. The Balaban J connectivity index is 2.47. The van der Waals surface area contributed by atoms with Gasteiger partial charge in [0.2, 0.25) is 0 Å². The van der Waals surface area contributed by atoms with Gasteiger partial charge in [0.05, 0.1) is 0 Å². The highest BCUT2D eigenvalue weighted by Crippen LogP contribution is 2.43. The van der Waals surface area contributed by atoms with Crippen LogP contribution in [0.1, 0.15) is 37.4 Å². The van der Waals surface area contributed by atoms with Gasteiger partial charge in [-0.1, -0.05) is 29.8 Å². The van der Waals surface area contributed by atoms with Crippen LogP contribution in [0, 0.1) is 5.82 Å². The first-order valence-electron chi connectivity index (χ1n) is 6.00. The van der Waals surface area contributed by atoms with E-state index in [4.69, 9.17) is 0 Å². The number of benzene rings is 1. The molecule has 2 rings (SSSR count). The molecule has 2 unspecified atom stereocenters. The van der Waals surface area contributed by atoms with Crippen LogP contribution in [0.4, 0.5) is 4.39 Å². The number of fused-ring (bicyclic) bond motifs is 1. The van der Waals surface area contributed by atoms with Crippen LogP contribution in [0.15, 0.2) is 16.6 Å². The monoisotopic (exact) mass is 317 g/mol. The lowest BCUT2D eigenvalue weighted by molar-refractivity contribution is 0.503. The van der Waals surface area contributed by atoms with Gasteiger partial charge in [0.25, 0.3) is 0 Å². The van der Waals surface area contributed by atoms with Crippen molar-refractivity contribution in [2.24, 2.45) is 0 Å². The van der Waals surface area contributed by atoms with Crippen LogP contribution in [-0.2, 0) is 5.75 Å². The zero-order valence-electron chi connectivity index (χ0n) is 10.1. The van der Waals surface area contributed by atoms with Gasteiger partial charge in [-0.15, -0.1) is 0 Å². The van der Waals surface area contributed by atoms with Crippen molar-refractivity contribution in [2.75, 3.05) is 6.54 Å². The van der Waals surface area contributed by atoms with Crippen molar-refractivity contribution in [3.63, 3.8) is 0 Å². The minimum atomic E-state index is -0.0758. The third-order valence-electron chi connectivity index (χ3n) is 3.20. The van der Waals surface area contributed by atoms with Gasteiger partial charge in [-0.3, -0.25) is 0 Å². The third kappa shape index (κ3) is 2.54. The highest BCUT2D eigenvalue weighted by atomic mass is 79.9. The second kappa shape index (κ2) is 5.72. The van der Waals surface area contributed by atoms with E-state index in [1.807, 2.05) is 17.8 Å². The van der Waals surface area contributed by atoms with Gasteiger partial charge in [-0.2, -0.15) is 11.8 Å². The molecule has 1 heterocycles. The molecule has 0 radical (unpaired) electrons. The quantitative estimate of drug-likeness (QED) is 0.893. The molecule has 0 amide bonds. The first-order valence-corrected chi connectivity index (χ1v) is 7.85. The molecule has 0 saturated carbocycles. The molecule has 1 aromatic rings. The standard InChI is InChI=1S/C13H17BrFNS/c1-3-11-13(16-4-2)12-8(7-17-11)10(15)6-5-9(12)14/h5-6,11,13,16H,3-4,7H2,1-2H3. The van der Waals surface area contributed by atoms with Crippen LogP contribution in [0.25, 0.3) is 0 Å². The third-order valence-corrected chi connectivity index (χ3v) is 5.38. The minimum Gasteiger partial charge on any atom is -0.309 e. The van der Waals surface area contributed by atoms with E-state index in [1.165, 1.54) is 0 Å². The maximum absolute atomic E-state index is 13.8. The van der Waals surface area contributed by atoms with E-state index in [0.29, 0.717) is 5.25 Å². The summed E-state index contributed by atoms with van der Waals surface area (Å²) in [6.07, 6.45) is 1.10. The van der Waals surface area contributed by atoms with Crippen LogP contribution in [0.2, 0.25) is 0 Å². The Morgan fingerprint density at radius 2 is 2.24 bits per heavy atom. The summed E-state index contributed by atoms with van der Waals surface area (Å²) >= 11 is 5.42. The number of halogens is 2. The van der Waals surface area contributed by atoms with Crippen molar-refractivity contribution >= 4 is 27.7 Å². The lowest BCUT2D eigenvalue weighted by Gasteiger charge is -2.34. The zero-order valence-corrected chi connectivity index (χ0v) is 12.5. The molecule has 17 heavy (non-hydrogen) atoms. The van der Waals surface area contributed by atoms with Crippen LogP contribution in [0.3, 0.4) is 0 Å². The molecule has 0 aliphatic carbocycles. The van der Waals surface area contributed by atoms with Gasteiger partial charge < -0.3 is 5.32 Å². The summed E-state index contributed by atoms with van der Waals surface area (Å²) in [6, 6.07) is 3.63. The van der Waals surface area contributed by atoms with Crippen molar-refractivity contribution < 1.29 is 4.39 Å². The first kappa shape index (κ1) is 13.4. The lowest BCUT2D eigenvalue weighted by Crippen LogP contribution is -2.33. The average molecular weight is 318 g/mol. The maximum Gasteiger partial charge on any atom is 0.127 e. The first-order chi connectivity index (χ1) is 8.19. The fourth-order valence-corrected chi connectivity index (χ4v) is 4.32. The highest BCUT2D eigenvalue weighted by Gasteiger charge is 2.31. The van der Waals surface area contributed by atoms with E-state index in [-0.39, 0.29) is 11.9 Å². The van der Waals surface area contributed by atoms with Crippen LogP contribution in [-0.4, -0.2) is 11.8 Å². The highest BCUT2D eigenvalue weighted by molar-refractivity contribution is 9.10. The van der Waals surface area contributed by atoms with E-state index in [2.05, 4.69) is 35.1 Å². The SMILES string of the molecule is CCNC1c2c(Br)ccc(F)c2CSC1CC. The summed E-state index contributed by atoms with van der Waals surface area (Å²) in [5.41, 5.74) is 1.98. The molecule has 94 valence electrons. The molecule has 0 fully saturated rings. The van der Waals surface area contributed by atoms with Gasteiger partial charge in [0.1, 0.15) is 5.82 Å². The van der Waals surface area contributed by atoms with Crippen molar-refractivity contribution in [3.05, 3.63) is 33.5 Å². The average Bonchev–Trinajstić information content (AvgIpc) is 2.34. The molecule has 0 bridgehead atoms. The van der Waals surface area contributed by atoms with Gasteiger partial charge in [0, 0.05) is 27.1 Å². The molecule has 0 spiro atoms. The summed E-state index contributed by atoms with van der Waals surface area (Å²) in [7, 11) is 0.